The maximum Gasteiger partial charge on any atom is 0.229 e. The second-order valence-corrected chi connectivity index (χ2v) is 7.01. The summed E-state index contributed by atoms with van der Waals surface area (Å²) in [4.78, 5) is 17.4. The Kier molecular flexibility index (Phi) is 4.71. The summed E-state index contributed by atoms with van der Waals surface area (Å²) in [5.41, 5.74) is 4.37. The molecule has 0 saturated carbocycles. The molecule has 5 heteroatoms. The molecular formula is C21H24N4O. The van der Waals surface area contributed by atoms with E-state index < -0.39 is 0 Å². The van der Waals surface area contributed by atoms with Gasteiger partial charge in [0.1, 0.15) is 0 Å². The van der Waals surface area contributed by atoms with Gasteiger partial charge in [0.2, 0.25) is 11.9 Å². The van der Waals surface area contributed by atoms with E-state index in [0.29, 0.717) is 12.5 Å². The third-order valence-electron chi connectivity index (χ3n) is 5.02. The number of carbonyl (C=O) groups is 1. The Morgan fingerprint density at radius 3 is 2.81 bits per heavy atom. The number of anilines is 1. The average Bonchev–Trinajstić information content (AvgIpc) is 3.00. The second kappa shape index (κ2) is 7.30. The first-order chi connectivity index (χ1) is 12.7. The van der Waals surface area contributed by atoms with Gasteiger partial charge in [-0.05, 0) is 50.6 Å². The van der Waals surface area contributed by atoms with Crippen molar-refractivity contribution < 1.29 is 4.79 Å². The monoisotopic (exact) mass is 348 g/mol. The van der Waals surface area contributed by atoms with Gasteiger partial charge in [-0.15, -0.1) is 0 Å². The molecule has 5 nitrogen and oxygen atoms in total. The summed E-state index contributed by atoms with van der Waals surface area (Å²) in [7, 11) is 0. The first-order valence-electron chi connectivity index (χ1n) is 9.23. The van der Waals surface area contributed by atoms with Gasteiger partial charge in [-0.25, -0.2) is 4.98 Å². The molecule has 2 heterocycles. The van der Waals surface area contributed by atoms with Crippen molar-refractivity contribution in [3.63, 3.8) is 0 Å². The Balaban J connectivity index is 1.66. The zero-order valence-electron chi connectivity index (χ0n) is 15.0. The number of nitrogens with zero attached hydrogens (tertiary/aromatic N) is 2. The third kappa shape index (κ3) is 3.48. The highest BCUT2D eigenvalue weighted by molar-refractivity contribution is 5.93. The van der Waals surface area contributed by atoms with Gasteiger partial charge in [0.25, 0.3) is 0 Å². The zero-order valence-corrected chi connectivity index (χ0v) is 15.0. The topological polar surface area (TPSA) is 59.0 Å². The van der Waals surface area contributed by atoms with Crippen molar-refractivity contribution in [2.24, 2.45) is 5.92 Å². The van der Waals surface area contributed by atoms with Gasteiger partial charge < -0.3 is 9.88 Å². The Labute approximate surface area is 153 Å². The summed E-state index contributed by atoms with van der Waals surface area (Å²) < 4.78 is 2.10. The van der Waals surface area contributed by atoms with Crippen LogP contribution in [-0.2, 0) is 11.3 Å². The van der Waals surface area contributed by atoms with Crippen LogP contribution in [0.1, 0.15) is 24.0 Å². The van der Waals surface area contributed by atoms with Gasteiger partial charge in [0.05, 0.1) is 17.6 Å². The van der Waals surface area contributed by atoms with E-state index in [0.717, 1.165) is 37.0 Å². The predicted octanol–water partition coefficient (Wildman–Crippen LogP) is 3.33. The molecule has 3 aromatic rings. The molecule has 2 aromatic carbocycles. The van der Waals surface area contributed by atoms with Gasteiger partial charge in [-0.1, -0.05) is 42.0 Å². The molecule has 1 aliphatic heterocycles. The first-order valence-corrected chi connectivity index (χ1v) is 9.23. The number of nitrogens with one attached hydrogen (secondary N) is 2. The highest BCUT2D eigenvalue weighted by Gasteiger charge is 2.23. The molecule has 1 saturated heterocycles. The summed E-state index contributed by atoms with van der Waals surface area (Å²) in [6.45, 7) is 4.58. The van der Waals surface area contributed by atoms with Gasteiger partial charge in [0.15, 0.2) is 0 Å². The SMILES string of the molecule is Cc1cccc(Cn2c(NC(=O)C3CCNCC3)nc3ccccc32)c1. The molecule has 0 radical (unpaired) electrons. The van der Waals surface area contributed by atoms with Crippen molar-refractivity contribution in [1.82, 2.24) is 14.9 Å². The summed E-state index contributed by atoms with van der Waals surface area (Å²) >= 11 is 0. The molecule has 0 aliphatic carbocycles. The van der Waals surface area contributed by atoms with Crippen molar-refractivity contribution in [2.45, 2.75) is 26.3 Å². The third-order valence-corrected chi connectivity index (χ3v) is 5.02. The van der Waals surface area contributed by atoms with E-state index in [2.05, 4.69) is 57.4 Å². The number of hydrogen-bond donors (Lipinski definition) is 2. The number of benzene rings is 2. The lowest BCUT2D eigenvalue weighted by Crippen LogP contribution is -2.35. The number of piperidine rings is 1. The Morgan fingerprint density at radius 1 is 1.19 bits per heavy atom. The van der Waals surface area contributed by atoms with E-state index >= 15 is 0 Å². The number of aryl methyl sites for hydroxylation is 1. The number of hydrogen-bond acceptors (Lipinski definition) is 3. The van der Waals surface area contributed by atoms with Crippen molar-refractivity contribution in [3.8, 4) is 0 Å². The van der Waals surface area contributed by atoms with Crippen LogP contribution in [0.4, 0.5) is 5.95 Å². The van der Waals surface area contributed by atoms with Crippen LogP contribution >= 0.6 is 0 Å². The smallest absolute Gasteiger partial charge is 0.229 e. The number of fused-ring (bicyclic) bond motifs is 1. The standard InChI is InChI=1S/C21H24N4O/c1-15-5-4-6-16(13-15)14-25-19-8-3-2-7-18(19)23-21(25)24-20(26)17-9-11-22-12-10-17/h2-8,13,17,22H,9-12,14H2,1H3,(H,23,24,26). The highest BCUT2D eigenvalue weighted by Crippen LogP contribution is 2.23. The summed E-state index contributed by atoms with van der Waals surface area (Å²) in [6.07, 6.45) is 1.76. The molecule has 2 N–H and O–H groups in total. The lowest BCUT2D eigenvalue weighted by molar-refractivity contribution is -0.120. The van der Waals surface area contributed by atoms with E-state index in [1.807, 2.05) is 18.2 Å². The summed E-state index contributed by atoms with van der Waals surface area (Å²) in [5.74, 6) is 0.770. The highest BCUT2D eigenvalue weighted by atomic mass is 16.2. The maximum absolute atomic E-state index is 12.7. The molecule has 1 aliphatic rings. The minimum Gasteiger partial charge on any atom is -0.317 e. The molecule has 0 bridgehead atoms. The van der Waals surface area contributed by atoms with Crippen LogP contribution in [0.3, 0.4) is 0 Å². The molecule has 134 valence electrons. The molecular weight excluding hydrogens is 324 g/mol. The second-order valence-electron chi connectivity index (χ2n) is 7.01. The quantitative estimate of drug-likeness (QED) is 0.760. The van der Waals surface area contributed by atoms with Crippen LogP contribution in [0.15, 0.2) is 48.5 Å². The average molecular weight is 348 g/mol. The van der Waals surface area contributed by atoms with Crippen molar-refractivity contribution in [2.75, 3.05) is 18.4 Å². The molecule has 1 fully saturated rings. The van der Waals surface area contributed by atoms with E-state index in [9.17, 15) is 4.79 Å². The van der Waals surface area contributed by atoms with Crippen molar-refractivity contribution >= 4 is 22.9 Å². The Bertz CT molecular complexity index is 925. The van der Waals surface area contributed by atoms with Gasteiger partial charge >= 0.3 is 0 Å². The largest absolute Gasteiger partial charge is 0.317 e. The van der Waals surface area contributed by atoms with E-state index in [-0.39, 0.29) is 11.8 Å². The zero-order chi connectivity index (χ0) is 17.9. The number of carbonyl (C=O) groups excluding carboxylic acids is 1. The number of imidazole rings is 1. The van der Waals surface area contributed by atoms with Gasteiger partial charge in [-0.2, -0.15) is 0 Å². The van der Waals surface area contributed by atoms with E-state index in [4.69, 9.17) is 0 Å². The Morgan fingerprint density at radius 2 is 2.00 bits per heavy atom. The number of rotatable bonds is 4. The molecule has 0 unspecified atom stereocenters. The summed E-state index contributed by atoms with van der Waals surface area (Å²) in [5, 5.41) is 6.39. The van der Waals surface area contributed by atoms with Crippen LogP contribution in [-0.4, -0.2) is 28.5 Å². The van der Waals surface area contributed by atoms with Crippen LogP contribution in [0, 0.1) is 12.8 Å². The fourth-order valence-corrected chi connectivity index (χ4v) is 3.62. The number of amides is 1. The molecule has 1 amide bonds. The molecule has 26 heavy (non-hydrogen) atoms. The maximum atomic E-state index is 12.7. The van der Waals surface area contributed by atoms with Crippen LogP contribution in [0.25, 0.3) is 11.0 Å². The van der Waals surface area contributed by atoms with Crippen molar-refractivity contribution in [1.29, 1.82) is 0 Å². The first kappa shape index (κ1) is 16.8. The van der Waals surface area contributed by atoms with Crippen LogP contribution in [0.5, 0.6) is 0 Å². The van der Waals surface area contributed by atoms with Gasteiger partial charge in [0, 0.05) is 5.92 Å². The minimum atomic E-state index is 0.0588. The van der Waals surface area contributed by atoms with Crippen LogP contribution in [0.2, 0.25) is 0 Å². The van der Waals surface area contributed by atoms with E-state index in [1.165, 1.54) is 11.1 Å². The van der Waals surface area contributed by atoms with E-state index in [1.54, 1.807) is 0 Å². The summed E-state index contributed by atoms with van der Waals surface area (Å²) in [6, 6.07) is 16.5. The Hall–Kier alpha value is -2.66. The lowest BCUT2D eigenvalue weighted by Gasteiger charge is -2.21. The molecule has 0 atom stereocenters. The normalized spacial score (nSPS) is 15.3. The number of aromatic nitrogens is 2. The van der Waals surface area contributed by atoms with Gasteiger partial charge in [-0.3, -0.25) is 10.1 Å². The predicted molar refractivity (Wildman–Crippen MR) is 104 cm³/mol. The lowest BCUT2D eigenvalue weighted by atomic mass is 9.97. The molecule has 1 aromatic heterocycles. The van der Waals surface area contributed by atoms with Crippen LogP contribution < -0.4 is 10.6 Å². The fourth-order valence-electron chi connectivity index (χ4n) is 3.62. The number of para-hydroxylation sites is 2. The molecule has 4 rings (SSSR count). The molecule has 0 spiro atoms. The minimum absolute atomic E-state index is 0.0588. The fraction of sp³-hybridized carbons (Fsp3) is 0.333. The van der Waals surface area contributed by atoms with Crippen molar-refractivity contribution in [3.05, 3.63) is 59.7 Å².